The Morgan fingerprint density at radius 1 is 1.41 bits per heavy atom. The molecule has 1 unspecified atom stereocenters. The fraction of sp³-hybridized carbons (Fsp3) is 0.500. The molecule has 1 aromatic carbocycles. The number of nitrogens with zero attached hydrogens (tertiary/aromatic N) is 1. The molecule has 1 fully saturated rings. The lowest BCUT2D eigenvalue weighted by Crippen LogP contribution is -2.39. The maximum Gasteiger partial charge on any atom is 0.233 e. The quantitative estimate of drug-likeness (QED) is 0.782. The predicted molar refractivity (Wildman–Crippen MR) is 73.4 cm³/mol. The van der Waals surface area contributed by atoms with Crippen LogP contribution in [-0.4, -0.2) is 29.2 Å². The fourth-order valence-corrected chi connectivity index (χ4v) is 2.77. The Morgan fingerprint density at radius 3 is 2.47 bits per heavy atom. The molecule has 3 heteroatoms. The van der Waals surface area contributed by atoms with Crippen molar-refractivity contribution in [1.29, 1.82) is 0 Å². The lowest BCUT2D eigenvalue weighted by Gasteiger charge is -2.24. The third-order valence-corrected chi connectivity index (χ3v) is 3.65. The van der Waals surface area contributed by atoms with Gasteiger partial charge in [-0.3, -0.25) is 4.79 Å². The minimum atomic E-state index is -0.224. The van der Waals surface area contributed by atoms with Gasteiger partial charge in [0, 0.05) is 18.4 Å². The van der Waals surface area contributed by atoms with Crippen LogP contribution in [0.1, 0.15) is 25.3 Å². The van der Waals surface area contributed by atoms with E-state index in [9.17, 15) is 4.79 Å². The largest absolute Gasteiger partial charge is 0.344 e. The number of likely N-dealkylation sites (N-methyl/N-ethyl adjacent to an activating group) is 1. The summed E-state index contributed by atoms with van der Waals surface area (Å²) in [5.74, 6) is 0.259. The van der Waals surface area contributed by atoms with Gasteiger partial charge in [-0.1, -0.05) is 53.2 Å². The van der Waals surface area contributed by atoms with Crippen LogP contribution >= 0.6 is 15.9 Å². The van der Waals surface area contributed by atoms with Gasteiger partial charge in [-0.2, -0.15) is 0 Å². The van der Waals surface area contributed by atoms with Crippen molar-refractivity contribution in [3.63, 3.8) is 0 Å². The van der Waals surface area contributed by atoms with Crippen molar-refractivity contribution in [2.24, 2.45) is 0 Å². The minimum absolute atomic E-state index is 0.224. The number of rotatable bonds is 4. The summed E-state index contributed by atoms with van der Waals surface area (Å²) in [5.41, 5.74) is 0.942. The van der Waals surface area contributed by atoms with Crippen molar-refractivity contribution in [2.45, 2.75) is 30.0 Å². The zero-order valence-electron chi connectivity index (χ0n) is 10.3. The first-order chi connectivity index (χ1) is 8.06. The van der Waals surface area contributed by atoms with Crippen molar-refractivity contribution >= 4 is 21.8 Å². The smallest absolute Gasteiger partial charge is 0.233 e. The van der Waals surface area contributed by atoms with Crippen LogP contribution in [0.4, 0.5) is 0 Å². The first-order valence-corrected chi connectivity index (χ1v) is 6.93. The monoisotopic (exact) mass is 295 g/mol. The van der Waals surface area contributed by atoms with Crippen molar-refractivity contribution in [2.75, 3.05) is 13.6 Å². The van der Waals surface area contributed by atoms with Gasteiger partial charge in [-0.25, -0.2) is 0 Å². The molecule has 0 saturated heterocycles. The highest BCUT2D eigenvalue weighted by atomic mass is 79.9. The average molecular weight is 296 g/mol. The summed E-state index contributed by atoms with van der Waals surface area (Å²) >= 11 is 3.49. The molecule has 92 valence electrons. The Kier molecular flexibility index (Phi) is 3.57. The lowest BCUT2D eigenvalue weighted by molar-refractivity contribution is -0.132. The maximum atomic E-state index is 12.5. The van der Waals surface area contributed by atoms with Gasteiger partial charge in [0.25, 0.3) is 0 Å². The second kappa shape index (κ2) is 4.81. The topological polar surface area (TPSA) is 20.3 Å². The van der Waals surface area contributed by atoms with Crippen LogP contribution in [-0.2, 0) is 10.2 Å². The lowest BCUT2D eigenvalue weighted by atomic mass is 9.94. The molecule has 0 spiro atoms. The summed E-state index contributed by atoms with van der Waals surface area (Å²) < 4.78 is 0. The van der Waals surface area contributed by atoms with Gasteiger partial charge in [0.05, 0.1) is 5.41 Å². The molecule has 0 radical (unpaired) electrons. The summed E-state index contributed by atoms with van der Waals surface area (Å²) in [6.45, 7) is 2.82. The molecule has 0 N–H and O–H groups in total. The molecule has 1 atom stereocenters. The molecular formula is C14H18BrNO. The van der Waals surface area contributed by atoms with Crippen LogP contribution in [0, 0.1) is 0 Å². The number of benzene rings is 1. The molecule has 1 aliphatic rings. The van der Waals surface area contributed by atoms with Crippen molar-refractivity contribution in [3.8, 4) is 0 Å². The first-order valence-electron chi connectivity index (χ1n) is 6.01. The van der Waals surface area contributed by atoms with Crippen LogP contribution in [0.5, 0.6) is 0 Å². The standard InChI is InChI=1S/C14H18BrNO/c1-11(15)10-16(2)13(17)14(8-9-14)12-6-4-3-5-7-12/h3-7,11H,8-10H2,1-2H3. The summed E-state index contributed by atoms with van der Waals surface area (Å²) in [5, 5.41) is 0. The second-order valence-corrected chi connectivity index (χ2v) is 6.48. The SMILES string of the molecule is CC(Br)CN(C)C(=O)C1(c2ccccc2)CC1. The van der Waals surface area contributed by atoms with Crippen molar-refractivity contribution in [1.82, 2.24) is 4.90 Å². The Balaban J connectivity index is 2.14. The Morgan fingerprint density at radius 2 is 2.00 bits per heavy atom. The molecule has 0 aromatic heterocycles. The Hall–Kier alpha value is -0.830. The number of hydrogen-bond donors (Lipinski definition) is 0. The molecular weight excluding hydrogens is 278 g/mol. The molecule has 0 bridgehead atoms. The summed E-state index contributed by atoms with van der Waals surface area (Å²) in [6.07, 6.45) is 1.97. The molecule has 2 rings (SSSR count). The first kappa shape index (κ1) is 12.6. The van der Waals surface area contributed by atoms with Crippen LogP contribution in [0.2, 0.25) is 0 Å². The molecule has 0 aliphatic heterocycles. The van der Waals surface area contributed by atoms with E-state index in [2.05, 4.69) is 35.0 Å². The Labute approximate surface area is 111 Å². The van der Waals surface area contributed by atoms with Crippen LogP contribution in [0.3, 0.4) is 0 Å². The molecule has 1 saturated carbocycles. The predicted octanol–water partition coefficient (Wildman–Crippen LogP) is 2.96. The Bertz CT molecular complexity index is 398. The average Bonchev–Trinajstić information content (AvgIpc) is 3.09. The van der Waals surface area contributed by atoms with Gasteiger partial charge < -0.3 is 4.90 Å². The number of carbonyl (C=O) groups is 1. The molecule has 2 nitrogen and oxygen atoms in total. The third-order valence-electron chi connectivity index (χ3n) is 3.36. The summed E-state index contributed by atoms with van der Waals surface area (Å²) in [7, 11) is 1.89. The van der Waals surface area contributed by atoms with Gasteiger partial charge in [-0.05, 0) is 18.4 Å². The van der Waals surface area contributed by atoms with Crippen LogP contribution < -0.4 is 0 Å². The van der Waals surface area contributed by atoms with Gasteiger partial charge in [0.2, 0.25) is 5.91 Å². The number of alkyl halides is 1. The van der Waals surface area contributed by atoms with Gasteiger partial charge in [0.1, 0.15) is 0 Å². The van der Waals surface area contributed by atoms with E-state index in [1.165, 1.54) is 5.56 Å². The molecule has 17 heavy (non-hydrogen) atoms. The van der Waals surface area contributed by atoms with E-state index in [0.29, 0.717) is 4.83 Å². The van der Waals surface area contributed by atoms with E-state index in [-0.39, 0.29) is 11.3 Å². The fourth-order valence-electron chi connectivity index (χ4n) is 2.33. The van der Waals surface area contributed by atoms with Crippen LogP contribution in [0.25, 0.3) is 0 Å². The zero-order valence-corrected chi connectivity index (χ0v) is 11.9. The normalized spacial score (nSPS) is 18.5. The minimum Gasteiger partial charge on any atom is -0.344 e. The van der Waals surface area contributed by atoms with Gasteiger partial charge >= 0.3 is 0 Å². The second-order valence-electron chi connectivity index (χ2n) is 4.91. The number of carbonyl (C=O) groups excluding carboxylic acids is 1. The summed E-state index contributed by atoms with van der Waals surface area (Å²) in [6, 6.07) is 10.1. The van der Waals surface area contributed by atoms with Gasteiger partial charge in [-0.15, -0.1) is 0 Å². The number of halogens is 1. The molecule has 1 aliphatic carbocycles. The van der Waals surface area contributed by atoms with E-state index >= 15 is 0 Å². The number of amides is 1. The van der Waals surface area contributed by atoms with E-state index in [1.54, 1.807) is 0 Å². The van der Waals surface area contributed by atoms with E-state index in [1.807, 2.05) is 30.1 Å². The molecule has 1 amide bonds. The van der Waals surface area contributed by atoms with Crippen molar-refractivity contribution < 1.29 is 4.79 Å². The highest BCUT2D eigenvalue weighted by molar-refractivity contribution is 9.09. The highest BCUT2D eigenvalue weighted by Gasteiger charge is 2.52. The van der Waals surface area contributed by atoms with E-state index in [0.717, 1.165) is 19.4 Å². The zero-order chi connectivity index (χ0) is 12.5. The van der Waals surface area contributed by atoms with Gasteiger partial charge in [0.15, 0.2) is 0 Å². The number of hydrogen-bond acceptors (Lipinski definition) is 1. The third kappa shape index (κ3) is 2.54. The van der Waals surface area contributed by atoms with E-state index < -0.39 is 0 Å². The van der Waals surface area contributed by atoms with Crippen molar-refractivity contribution in [3.05, 3.63) is 35.9 Å². The summed E-state index contributed by atoms with van der Waals surface area (Å²) in [4.78, 5) is 14.7. The highest BCUT2D eigenvalue weighted by Crippen LogP contribution is 2.49. The maximum absolute atomic E-state index is 12.5. The van der Waals surface area contributed by atoms with E-state index in [4.69, 9.17) is 0 Å². The van der Waals surface area contributed by atoms with Crippen LogP contribution in [0.15, 0.2) is 30.3 Å². The molecule has 0 heterocycles. The molecule has 1 aromatic rings.